The van der Waals surface area contributed by atoms with Gasteiger partial charge in [-0.3, -0.25) is 25.0 Å². The van der Waals surface area contributed by atoms with Gasteiger partial charge >= 0.3 is 0 Å². The van der Waals surface area contributed by atoms with E-state index in [4.69, 9.17) is 12.2 Å². The minimum atomic E-state index is -1.31. The van der Waals surface area contributed by atoms with E-state index in [1.807, 2.05) is 0 Å². The van der Waals surface area contributed by atoms with Crippen LogP contribution in [0.2, 0.25) is 0 Å². The van der Waals surface area contributed by atoms with E-state index in [9.17, 15) is 29.6 Å². The molecule has 0 heterocycles. The van der Waals surface area contributed by atoms with Crippen LogP contribution in [0.1, 0.15) is 23.2 Å². The summed E-state index contributed by atoms with van der Waals surface area (Å²) in [5, 5.41) is 28.8. The molecule has 3 N–H and O–H groups in total. The van der Waals surface area contributed by atoms with Crippen LogP contribution < -0.4 is 21.1 Å². The van der Waals surface area contributed by atoms with Gasteiger partial charge < -0.3 is 20.5 Å². The molecular formula is C18H15N4O6S-. The van der Waals surface area contributed by atoms with E-state index in [1.54, 1.807) is 24.3 Å². The average molecular weight is 415 g/mol. The summed E-state index contributed by atoms with van der Waals surface area (Å²) in [7, 11) is 0. The van der Waals surface area contributed by atoms with E-state index in [-0.39, 0.29) is 29.2 Å². The van der Waals surface area contributed by atoms with Crippen LogP contribution in [-0.4, -0.2) is 27.8 Å². The van der Waals surface area contributed by atoms with Crippen molar-refractivity contribution in [1.29, 1.82) is 0 Å². The van der Waals surface area contributed by atoms with Crippen LogP contribution in [0.25, 0.3) is 0 Å². The Kier molecular flexibility index (Phi) is 7.32. The molecule has 0 aliphatic rings. The minimum absolute atomic E-state index is 0.0211. The number of hydrogen-bond acceptors (Lipinski definition) is 7. The van der Waals surface area contributed by atoms with Gasteiger partial charge in [-0.2, -0.15) is 0 Å². The van der Waals surface area contributed by atoms with Gasteiger partial charge in [-0.15, -0.1) is 0 Å². The SMILES string of the molecule is O=C([O-])CCC(=O)Nc1ccc(NC(=S)NC(=O)c2cccc([N+](=O)[O-])c2)cc1. The van der Waals surface area contributed by atoms with Crippen molar-refractivity contribution in [1.82, 2.24) is 5.32 Å². The van der Waals surface area contributed by atoms with Crippen LogP contribution in [0.5, 0.6) is 0 Å². The molecular weight excluding hydrogens is 400 g/mol. The van der Waals surface area contributed by atoms with Gasteiger partial charge in [-0.05, 0) is 49.0 Å². The van der Waals surface area contributed by atoms with Gasteiger partial charge in [0.25, 0.3) is 11.6 Å². The minimum Gasteiger partial charge on any atom is -0.550 e. The van der Waals surface area contributed by atoms with Crippen molar-refractivity contribution in [2.45, 2.75) is 12.8 Å². The molecule has 0 radical (unpaired) electrons. The van der Waals surface area contributed by atoms with Crippen molar-refractivity contribution in [3.8, 4) is 0 Å². The van der Waals surface area contributed by atoms with Crippen LogP contribution in [0.3, 0.4) is 0 Å². The number of anilines is 2. The van der Waals surface area contributed by atoms with Crippen LogP contribution in [0.4, 0.5) is 17.1 Å². The molecule has 2 aromatic carbocycles. The molecule has 11 heteroatoms. The monoisotopic (exact) mass is 415 g/mol. The van der Waals surface area contributed by atoms with E-state index >= 15 is 0 Å². The molecule has 2 aromatic rings. The summed E-state index contributed by atoms with van der Waals surface area (Å²) in [6, 6.07) is 11.5. The molecule has 0 spiro atoms. The lowest BCUT2D eigenvalue weighted by Gasteiger charge is -2.11. The Morgan fingerprint density at radius 1 is 0.966 bits per heavy atom. The van der Waals surface area contributed by atoms with Crippen molar-refractivity contribution in [2.75, 3.05) is 10.6 Å². The van der Waals surface area contributed by atoms with Crippen molar-refractivity contribution < 1.29 is 24.4 Å². The molecule has 150 valence electrons. The highest BCUT2D eigenvalue weighted by atomic mass is 32.1. The average Bonchev–Trinajstić information content (AvgIpc) is 2.68. The van der Waals surface area contributed by atoms with Crippen molar-refractivity contribution in [2.24, 2.45) is 0 Å². The van der Waals surface area contributed by atoms with Crippen molar-refractivity contribution in [3.63, 3.8) is 0 Å². The molecule has 2 rings (SSSR count). The number of aliphatic carboxylic acids is 1. The van der Waals surface area contributed by atoms with Crippen LogP contribution in [-0.2, 0) is 9.59 Å². The van der Waals surface area contributed by atoms with Gasteiger partial charge in [0.15, 0.2) is 5.11 Å². The number of amides is 2. The molecule has 0 saturated heterocycles. The molecule has 29 heavy (non-hydrogen) atoms. The van der Waals surface area contributed by atoms with Crippen LogP contribution in [0.15, 0.2) is 48.5 Å². The molecule has 0 bridgehead atoms. The smallest absolute Gasteiger partial charge is 0.270 e. The van der Waals surface area contributed by atoms with E-state index in [0.29, 0.717) is 11.4 Å². The highest BCUT2D eigenvalue weighted by Gasteiger charge is 2.12. The summed E-state index contributed by atoms with van der Waals surface area (Å²) in [6.45, 7) is 0. The summed E-state index contributed by atoms with van der Waals surface area (Å²) in [4.78, 5) is 44.2. The predicted molar refractivity (Wildman–Crippen MR) is 106 cm³/mol. The maximum Gasteiger partial charge on any atom is 0.270 e. The summed E-state index contributed by atoms with van der Waals surface area (Å²) >= 11 is 5.05. The summed E-state index contributed by atoms with van der Waals surface area (Å²) < 4.78 is 0. The fraction of sp³-hybridized carbons (Fsp3) is 0.111. The predicted octanol–water partition coefficient (Wildman–Crippen LogP) is 1.19. The number of non-ortho nitro benzene ring substituents is 1. The Bertz CT molecular complexity index is 961. The van der Waals surface area contributed by atoms with Gasteiger partial charge in [-0.1, -0.05) is 6.07 Å². The molecule has 2 amide bonds. The highest BCUT2D eigenvalue weighted by Crippen LogP contribution is 2.15. The van der Waals surface area contributed by atoms with E-state index in [2.05, 4.69) is 16.0 Å². The maximum atomic E-state index is 12.2. The lowest BCUT2D eigenvalue weighted by molar-refractivity contribution is -0.384. The van der Waals surface area contributed by atoms with E-state index in [1.165, 1.54) is 18.2 Å². The molecule has 10 nitrogen and oxygen atoms in total. The van der Waals surface area contributed by atoms with Crippen LogP contribution >= 0.6 is 12.2 Å². The quantitative estimate of drug-likeness (QED) is 0.346. The second-order valence-electron chi connectivity index (χ2n) is 5.71. The third-order valence-corrected chi connectivity index (χ3v) is 3.73. The fourth-order valence-electron chi connectivity index (χ4n) is 2.17. The Morgan fingerprint density at radius 2 is 1.59 bits per heavy atom. The molecule has 0 aromatic heterocycles. The Balaban J connectivity index is 1.89. The molecule has 0 unspecified atom stereocenters. The molecule has 0 saturated carbocycles. The number of rotatable bonds is 7. The Hall–Kier alpha value is -3.86. The van der Waals surface area contributed by atoms with Gasteiger partial charge in [0, 0.05) is 41.5 Å². The topological polar surface area (TPSA) is 154 Å². The first kappa shape index (κ1) is 21.4. The number of carboxylic acids is 1. The summed E-state index contributed by atoms with van der Waals surface area (Å²) in [5.41, 5.74) is 0.833. The van der Waals surface area contributed by atoms with Gasteiger partial charge in [-0.25, -0.2) is 0 Å². The van der Waals surface area contributed by atoms with Crippen molar-refractivity contribution >= 4 is 52.2 Å². The van der Waals surface area contributed by atoms with Gasteiger partial charge in [0.1, 0.15) is 0 Å². The third kappa shape index (κ3) is 6.99. The summed E-state index contributed by atoms with van der Waals surface area (Å²) in [5.74, 6) is -2.38. The zero-order chi connectivity index (χ0) is 21.4. The highest BCUT2D eigenvalue weighted by molar-refractivity contribution is 7.80. The normalized spacial score (nSPS) is 9.93. The van der Waals surface area contributed by atoms with Crippen molar-refractivity contribution in [3.05, 3.63) is 64.2 Å². The lowest BCUT2D eigenvalue weighted by atomic mass is 10.2. The number of hydrogen-bond donors (Lipinski definition) is 3. The number of nitrogens with zero attached hydrogens (tertiary/aromatic N) is 1. The summed E-state index contributed by atoms with van der Waals surface area (Å²) in [6.07, 6.45) is -0.569. The Morgan fingerprint density at radius 3 is 2.17 bits per heavy atom. The van der Waals surface area contributed by atoms with Gasteiger partial charge in [0.05, 0.1) is 4.92 Å². The number of carbonyl (C=O) groups is 3. The Labute approximate surface area is 170 Å². The van der Waals surface area contributed by atoms with Gasteiger partial charge in [0.2, 0.25) is 5.91 Å². The number of nitro benzene ring substituents is 1. The number of benzene rings is 2. The lowest BCUT2D eigenvalue weighted by Crippen LogP contribution is -2.34. The fourth-order valence-corrected chi connectivity index (χ4v) is 2.38. The third-order valence-electron chi connectivity index (χ3n) is 3.53. The number of carboxylic acid groups (broad SMARTS) is 1. The number of nitro groups is 1. The maximum absolute atomic E-state index is 12.2. The number of thiocarbonyl (C=S) groups is 1. The standard InChI is InChI=1S/C18H16N4O6S/c23-15(8-9-16(24)25)19-12-4-6-13(7-5-12)20-18(29)21-17(26)11-2-1-3-14(10-11)22(27)28/h1-7,10H,8-9H2,(H,19,23)(H,24,25)(H2,20,21,26,29)/p-1. The first-order valence-electron chi connectivity index (χ1n) is 8.21. The molecule has 0 atom stereocenters. The zero-order valence-corrected chi connectivity index (χ0v) is 15.7. The number of nitrogens with one attached hydrogen (secondary N) is 3. The zero-order valence-electron chi connectivity index (χ0n) is 14.8. The first-order chi connectivity index (χ1) is 13.7. The first-order valence-corrected chi connectivity index (χ1v) is 8.62. The largest absolute Gasteiger partial charge is 0.550 e. The number of carbonyl (C=O) groups excluding carboxylic acids is 3. The second kappa shape index (κ2) is 9.90. The second-order valence-corrected chi connectivity index (χ2v) is 6.12. The van der Waals surface area contributed by atoms with E-state index in [0.717, 1.165) is 6.07 Å². The molecule has 0 aliphatic carbocycles. The van der Waals surface area contributed by atoms with Crippen LogP contribution in [0, 0.1) is 10.1 Å². The molecule has 0 fully saturated rings. The van der Waals surface area contributed by atoms with E-state index < -0.39 is 22.7 Å². The molecule has 0 aliphatic heterocycles.